The summed E-state index contributed by atoms with van der Waals surface area (Å²) < 4.78 is 0. The van der Waals surface area contributed by atoms with E-state index in [1.807, 2.05) is 11.3 Å². The minimum Gasteiger partial charge on any atom is -0.311 e. The molecule has 6 heterocycles. The molecule has 10 aromatic rings. The summed E-state index contributed by atoms with van der Waals surface area (Å²) in [6.07, 6.45) is 0. The summed E-state index contributed by atoms with van der Waals surface area (Å²) in [5.74, 6) is 0. The van der Waals surface area contributed by atoms with Gasteiger partial charge in [0.15, 0.2) is 0 Å². The minimum absolute atomic E-state index is 0.00537. The fourth-order valence-corrected chi connectivity index (χ4v) is 13.4. The quantitative estimate of drug-likeness (QED) is 0.163. The molecule has 4 nitrogen and oxygen atoms in total. The summed E-state index contributed by atoms with van der Waals surface area (Å²) in [5.41, 5.74) is 27.7. The van der Waals surface area contributed by atoms with Gasteiger partial charge in [-0.05, 0) is 130 Å². The molecular weight excluding hydrogens is 830 g/mol. The predicted molar refractivity (Wildman–Crippen MR) is 286 cm³/mol. The van der Waals surface area contributed by atoms with Gasteiger partial charge in [0, 0.05) is 55.3 Å². The maximum Gasteiger partial charge on any atom is 0.252 e. The van der Waals surface area contributed by atoms with Crippen LogP contribution in [0.1, 0.15) is 9.75 Å². The number of hydrogen-bond donors (Lipinski definition) is 0. The molecule has 0 saturated carbocycles. The van der Waals surface area contributed by atoms with Crippen molar-refractivity contribution in [3.05, 3.63) is 216 Å². The van der Waals surface area contributed by atoms with E-state index in [0.717, 1.165) is 11.4 Å². The number of benzene rings is 9. The van der Waals surface area contributed by atoms with Crippen molar-refractivity contribution in [3.8, 4) is 22.3 Å². The highest BCUT2D eigenvalue weighted by Gasteiger charge is 2.52. The first-order valence-corrected chi connectivity index (χ1v) is 24.2. The molecule has 0 spiro atoms. The molecule has 9 aromatic carbocycles. The lowest BCUT2D eigenvalue weighted by atomic mass is 9.31. The number of nitrogens with zero attached hydrogens (tertiary/aromatic N) is 4. The molecule has 0 aliphatic carbocycles. The van der Waals surface area contributed by atoms with Gasteiger partial charge in [-0.3, -0.25) is 0 Å². The minimum atomic E-state index is 0.00537. The Balaban J connectivity index is 1.09. The molecule has 0 saturated heterocycles. The van der Waals surface area contributed by atoms with Crippen molar-refractivity contribution >= 4 is 126 Å². The fraction of sp³-hybridized carbons (Fsp3) is 0.0333. The highest BCUT2D eigenvalue weighted by molar-refractivity contribution is 7.13. The zero-order valence-corrected chi connectivity index (χ0v) is 37.8. The van der Waals surface area contributed by atoms with Crippen LogP contribution in [0.2, 0.25) is 0 Å². The van der Waals surface area contributed by atoms with Crippen molar-refractivity contribution in [2.24, 2.45) is 0 Å². The monoisotopic (exact) mass is 870 g/mol. The maximum atomic E-state index is 2.70. The van der Waals surface area contributed by atoms with Crippen LogP contribution >= 0.6 is 11.3 Å². The number of fused-ring (bicyclic) bond motifs is 11. The van der Waals surface area contributed by atoms with Gasteiger partial charge in [-0.2, -0.15) is 0 Å². The Morgan fingerprint density at radius 1 is 0.299 bits per heavy atom. The number of para-hydroxylation sites is 4. The van der Waals surface area contributed by atoms with Crippen molar-refractivity contribution in [1.29, 1.82) is 0 Å². The number of rotatable bonds is 4. The van der Waals surface area contributed by atoms with E-state index in [1.165, 1.54) is 122 Å². The molecule has 0 amide bonds. The summed E-state index contributed by atoms with van der Waals surface area (Å²) in [6, 6.07) is 77.1. The van der Waals surface area contributed by atoms with Crippen molar-refractivity contribution in [3.63, 3.8) is 0 Å². The van der Waals surface area contributed by atoms with Crippen LogP contribution in [0.4, 0.5) is 68.2 Å². The van der Waals surface area contributed by atoms with E-state index in [1.54, 1.807) is 0 Å². The first-order chi connectivity index (χ1) is 33.1. The number of anilines is 12. The normalized spacial score (nSPS) is 13.9. The number of aryl methyl sites for hydroxylation is 2. The summed E-state index contributed by atoms with van der Waals surface area (Å²) in [5, 5.41) is 0. The van der Waals surface area contributed by atoms with Crippen molar-refractivity contribution in [2.45, 2.75) is 13.8 Å². The molecule has 7 heteroatoms. The first kappa shape index (κ1) is 37.3. The van der Waals surface area contributed by atoms with E-state index >= 15 is 0 Å². The van der Waals surface area contributed by atoms with Gasteiger partial charge in [0.2, 0.25) is 0 Å². The maximum absolute atomic E-state index is 2.70. The van der Waals surface area contributed by atoms with E-state index in [-0.39, 0.29) is 13.4 Å². The van der Waals surface area contributed by atoms with Crippen LogP contribution in [0, 0.1) is 13.8 Å². The second-order valence-corrected chi connectivity index (χ2v) is 19.9. The Hall–Kier alpha value is -7.99. The molecule has 312 valence electrons. The molecule has 5 aliphatic heterocycles. The van der Waals surface area contributed by atoms with E-state index in [9.17, 15) is 0 Å². The first-order valence-electron chi connectivity index (χ1n) is 23.3. The lowest BCUT2D eigenvalue weighted by Gasteiger charge is -2.52. The molecular formula is C60H40B2N4S. The summed E-state index contributed by atoms with van der Waals surface area (Å²) in [6.45, 7) is 4.69. The Morgan fingerprint density at radius 2 is 0.642 bits per heavy atom. The molecule has 0 atom stereocenters. The molecule has 1 aromatic heterocycles. The van der Waals surface area contributed by atoms with Crippen LogP contribution in [-0.4, -0.2) is 13.4 Å². The molecule has 5 aliphatic rings. The fourth-order valence-electron chi connectivity index (χ4n) is 12.4. The summed E-state index contributed by atoms with van der Waals surface area (Å²) in [7, 11) is 0. The van der Waals surface area contributed by atoms with Crippen LogP contribution in [0.5, 0.6) is 0 Å². The van der Waals surface area contributed by atoms with Crippen LogP contribution in [0.3, 0.4) is 0 Å². The van der Waals surface area contributed by atoms with E-state index < -0.39 is 0 Å². The predicted octanol–water partition coefficient (Wildman–Crippen LogP) is 12.2. The van der Waals surface area contributed by atoms with Gasteiger partial charge in [-0.1, -0.05) is 146 Å². The molecule has 0 radical (unpaired) electrons. The standard InChI is InChI=1S/C60H40B2N4S/c1-37-57-58(38(2)67-37)66-54-36-42(40-21-9-4-10-22-40)34-52-56(54)62(46-28-16-18-30-50(46)64(52)44-25-13-6-14-26-44)48-32-31-47-59(60(48)66)65(57)53-35-41(39-19-7-3-8-20-39)33-51-55(53)61(47)45-27-15-17-29-49(45)63(51)43-23-11-5-12-24-43/h3-36H,1-2H3. The second kappa shape index (κ2) is 13.8. The van der Waals surface area contributed by atoms with Crippen LogP contribution in [0.25, 0.3) is 22.3 Å². The van der Waals surface area contributed by atoms with Gasteiger partial charge in [0.1, 0.15) is 0 Å². The van der Waals surface area contributed by atoms with E-state index in [4.69, 9.17) is 0 Å². The van der Waals surface area contributed by atoms with Crippen molar-refractivity contribution in [1.82, 2.24) is 0 Å². The third-order valence-electron chi connectivity index (χ3n) is 15.0. The van der Waals surface area contributed by atoms with Gasteiger partial charge in [0.05, 0.1) is 22.7 Å². The zero-order valence-electron chi connectivity index (χ0n) is 37.0. The lowest BCUT2D eigenvalue weighted by molar-refractivity contribution is 1.17. The lowest BCUT2D eigenvalue weighted by Crippen LogP contribution is -2.65. The Morgan fingerprint density at radius 3 is 1.04 bits per heavy atom. The Bertz CT molecular complexity index is 3460. The highest BCUT2D eigenvalue weighted by Crippen LogP contribution is 2.61. The topological polar surface area (TPSA) is 13.0 Å². The molecule has 0 N–H and O–H groups in total. The third kappa shape index (κ3) is 4.99. The van der Waals surface area contributed by atoms with E-state index in [0.29, 0.717) is 0 Å². The zero-order chi connectivity index (χ0) is 44.1. The van der Waals surface area contributed by atoms with Crippen LogP contribution < -0.4 is 52.4 Å². The van der Waals surface area contributed by atoms with Crippen molar-refractivity contribution in [2.75, 3.05) is 19.6 Å². The molecule has 0 fully saturated rings. The molecule has 0 unspecified atom stereocenters. The van der Waals surface area contributed by atoms with E-state index in [2.05, 4.69) is 240 Å². The molecule has 67 heavy (non-hydrogen) atoms. The van der Waals surface area contributed by atoms with Gasteiger partial charge < -0.3 is 19.6 Å². The van der Waals surface area contributed by atoms with Crippen molar-refractivity contribution < 1.29 is 0 Å². The Kier molecular flexibility index (Phi) is 7.66. The summed E-state index contributed by atoms with van der Waals surface area (Å²) >= 11 is 1.92. The summed E-state index contributed by atoms with van der Waals surface area (Å²) in [4.78, 5) is 13.1. The Labute approximate surface area is 395 Å². The van der Waals surface area contributed by atoms with Gasteiger partial charge in [0.25, 0.3) is 13.4 Å². The van der Waals surface area contributed by atoms with Gasteiger partial charge in [-0.15, -0.1) is 11.3 Å². The SMILES string of the molecule is Cc1sc(C)c2c1N1c3cc(-c4ccccc4)cc4c3B(c3ccccc3N4c3ccccc3)c3ccc4c(c31)N2c1cc(-c2ccccc2)cc2c1B4c1ccccc1N2c1ccccc1. The van der Waals surface area contributed by atoms with Gasteiger partial charge >= 0.3 is 0 Å². The number of thiophene rings is 1. The number of hydrogen-bond acceptors (Lipinski definition) is 5. The molecule has 15 rings (SSSR count). The third-order valence-corrected chi connectivity index (χ3v) is 16.0. The largest absolute Gasteiger partial charge is 0.311 e. The highest BCUT2D eigenvalue weighted by atomic mass is 32.1. The molecule has 0 bridgehead atoms. The van der Waals surface area contributed by atoms with Gasteiger partial charge in [-0.25, -0.2) is 0 Å². The smallest absolute Gasteiger partial charge is 0.252 e. The average Bonchev–Trinajstić information content (AvgIpc) is 3.69. The van der Waals surface area contributed by atoms with Crippen LogP contribution in [-0.2, 0) is 0 Å². The average molecular weight is 871 g/mol. The van der Waals surface area contributed by atoms with Crippen LogP contribution in [0.15, 0.2) is 206 Å². The second-order valence-electron chi connectivity index (χ2n) is 18.4.